The Hall–Kier alpha value is -2.81. The Labute approximate surface area is 188 Å². The number of thiazole rings is 1. The average molecular weight is 449 g/mol. The molecule has 9 heteroatoms. The molecule has 0 radical (unpaired) electrons. The van der Waals surface area contributed by atoms with Gasteiger partial charge in [-0.3, -0.25) is 0 Å². The largest absolute Gasteiger partial charge is 0.493 e. The van der Waals surface area contributed by atoms with Crippen LogP contribution < -0.4 is 20.1 Å². The van der Waals surface area contributed by atoms with Gasteiger partial charge in [-0.25, -0.2) is 14.8 Å². The third-order valence-electron chi connectivity index (χ3n) is 4.29. The van der Waals surface area contributed by atoms with Crippen molar-refractivity contribution in [3.8, 4) is 11.5 Å². The lowest BCUT2D eigenvalue weighted by Crippen LogP contribution is -2.38. The van der Waals surface area contributed by atoms with E-state index in [0.717, 1.165) is 17.1 Å². The maximum absolute atomic E-state index is 12.1. The van der Waals surface area contributed by atoms with Crippen molar-refractivity contribution >= 4 is 23.3 Å². The molecule has 2 rings (SSSR count). The predicted octanol–water partition coefficient (Wildman–Crippen LogP) is 3.85. The molecule has 0 aliphatic rings. The topological polar surface area (TPSA) is 94.1 Å². The fourth-order valence-electron chi connectivity index (χ4n) is 2.83. The fourth-order valence-corrected chi connectivity index (χ4v) is 3.80. The molecule has 1 aromatic carbocycles. The van der Waals surface area contributed by atoms with E-state index < -0.39 is 0 Å². The molecule has 0 bridgehead atoms. The third kappa shape index (κ3) is 6.85. The molecule has 0 spiro atoms. The number of aromatic nitrogens is 1. The van der Waals surface area contributed by atoms with Gasteiger partial charge in [-0.05, 0) is 52.3 Å². The molecule has 0 amide bonds. The van der Waals surface area contributed by atoms with Gasteiger partial charge in [0.25, 0.3) is 0 Å². The SMILES string of the molecule is CCNC(=NCc1ccc(OC)c(OCC)c1)NC(C)c1nc(C)c(C(=O)OCC)s1. The molecule has 1 atom stereocenters. The van der Waals surface area contributed by atoms with E-state index in [2.05, 4.69) is 20.6 Å². The summed E-state index contributed by atoms with van der Waals surface area (Å²) in [7, 11) is 1.62. The first kappa shape index (κ1) is 24.5. The van der Waals surface area contributed by atoms with Crippen LogP contribution in [0.25, 0.3) is 0 Å². The summed E-state index contributed by atoms with van der Waals surface area (Å²) in [5.74, 6) is 1.73. The molecular weight excluding hydrogens is 416 g/mol. The zero-order valence-electron chi connectivity index (χ0n) is 19.1. The summed E-state index contributed by atoms with van der Waals surface area (Å²) in [5, 5.41) is 7.41. The van der Waals surface area contributed by atoms with E-state index in [1.54, 1.807) is 14.0 Å². The normalized spacial score (nSPS) is 12.3. The van der Waals surface area contributed by atoms with Gasteiger partial charge in [0.05, 0.1) is 38.6 Å². The molecule has 0 saturated carbocycles. The van der Waals surface area contributed by atoms with E-state index in [1.165, 1.54) is 11.3 Å². The van der Waals surface area contributed by atoms with E-state index in [9.17, 15) is 4.79 Å². The predicted molar refractivity (Wildman–Crippen MR) is 123 cm³/mol. The van der Waals surface area contributed by atoms with Crippen molar-refractivity contribution in [1.82, 2.24) is 15.6 Å². The highest BCUT2D eigenvalue weighted by Crippen LogP contribution is 2.28. The minimum absolute atomic E-state index is 0.125. The molecule has 0 saturated heterocycles. The number of nitrogens with zero attached hydrogens (tertiary/aromatic N) is 2. The summed E-state index contributed by atoms with van der Waals surface area (Å²) >= 11 is 1.34. The van der Waals surface area contributed by atoms with Crippen LogP contribution in [-0.4, -0.2) is 43.8 Å². The standard InChI is InChI=1S/C22H32N4O4S/c1-7-23-22(24-13-16-10-11-17(28-6)18(12-16)29-8-2)26-15(5)20-25-14(4)19(31-20)21(27)30-9-3/h10-12,15H,7-9,13H2,1-6H3,(H2,23,24,26). The first-order valence-corrected chi connectivity index (χ1v) is 11.2. The van der Waals surface area contributed by atoms with Crippen molar-refractivity contribution in [2.75, 3.05) is 26.9 Å². The van der Waals surface area contributed by atoms with Gasteiger partial charge >= 0.3 is 5.97 Å². The number of hydrogen-bond acceptors (Lipinski definition) is 7. The third-order valence-corrected chi connectivity index (χ3v) is 5.61. The molecule has 170 valence electrons. The second-order valence-electron chi connectivity index (χ2n) is 6.67. The highest BCUT2D eigenvalue weighted by molar-refractivity contribution is 7.13. The van der Waals surface area contributed by atoms with Crippen molar-refractivity contribution in [2.45, 2.75) is 47.2 Å². The Bertz CT molecular complexity index is 898. The molecular formula is C22H32N4O4S. The van der Waals surface area contributed by atoms with E-state index in [1.807, 2.05) is 45.9 Å². The Morgan fingerprint density at radius 2 is 2.00 bits per heavy atom. The number of carbonyl (C=O) groups is 1. The summed E-state index contributed by atoms with van der Waals surface area (Å²) < 4.78 is 16.1. The lowest BCUT2D eigenvalue weighted by Gasteiger charge is -2.16. The average Bonchev–Trinajstić information content (AvgIpc) is 3.14. The van der Waals surface area contributed by atoms with Crippen molar-refractivity contribution < 1.29 is 19.0 Å². The van der Waals surface area contributed by atoms with E-state index in [4.69, 9.17) is 14.2 Å². The van der Waals surface area contributed by atoms with Gasteiger partial charge < -0.3 is 24.8 Å². The lowest BCUT2D eigenvalue weighted by molar-refractivity contribution is 0.0531. The summed E-state index contributed by atoms with van der Waals surface area (Å²) in [6, 6.07) is 5.66. The number of rotatable bonds is 10. The van der Waals surface area contributed by atoms with E-state index in [0.29, 0.717) is 47.8 Å². The van der Waals surface area contributed by atoms with Crippen LogP contribution in [0, 0.1) is 6.92 Å². The van der Waals surface area contributed by atoms with Gasteiger partial charge in [0.1, 0.15) is 9.88 Å². The number of guanidine groups is 1. The number of benzene rings is 1. The second kappa shape index (κ2) is 12.1. The molecule has 1 heterocycles. The minimum atomic E-state index is -0.332. The Morgan fingerprint density at radius 3 is 2.65 bits per heavy atom. The van der Waals surface area contributed by atoms with Crippen LogP contribution in [0.1, 0.15) is 59.7 Å². The van der Waals surface area contributed by atoms with Crippen LogP contribution in [0.3, 0.4) is 0 Å². The van der Waals surface area contributed by atoms with Crippen LogP contribution >= 0.6 is 11.3 Å². The van der Waals surface area contributed by atoms with Gasteiger partial charge in [0.15, 0.2) is 17.5 Å². The minimum Gasteiger partial charge on any atom is -0.493 e. The van der Waals surface area contributed by atoms with Crippen LogP contribution in [0.15, 0.2) is 23.2 Å². The van der Waals surface area contributed by atoms with Crippen molar-refractivity contribution in [3.63, 3.8) is 0 Å². The number of esters is 1. The summed E-state index contributed by atoms with van der Waals surface area (Å²) in [5.41, 5.74) is 1.68. The zero-order valence-corrected chi connectivity index (χ0v) is 19.9. The van der Waals surface area contributed by atoms with Crippen molar-refractivity contribution in [3.05, 3.63) is 39.3 Å². The highest BCUT2D eigenvalue weighted by Gasteiger charge is 2.20. The summed E-state index contributed by atoms with van der Waals surface area (Å²) in [6.45, 7) is 11.6. The monoisotopic (exact) mass is 448 g/mol. The molecule has 2 N–H and O–H groups in total. The van der Waals surface area contributed by atoms with E-state index >= 15 is 0 Å². The number of aliphatic imine (C=N–C) groups is 1. The molecule has 31 heavy (non-hydrogen) atoms. The van der Waals surface area contributed by atoms with Gasteiger partial charge in [0.2, 0.25) is 0 Å². The Balaban J connectivity index is 2.13. The smallest absolute Gasteiger partial charge is 0.350 e. The number of nitrogens with one attached hydrogen (secondary N) is 2. The molecule has 0 fully saturated rings. The maximum atomic E-state index is 12.1. The van der Waals surface area contributed by atoms with Crippen LogP contribution in [-0.2, 0) is 11.3 Å². The first-order valence-electron chi connectivity index (χ1n) is 10.4. The lowest BCUT2D eigenvalue weighted by atomic mass is 10.2. The number of carbonyl (C=O) groups excluding carboxylic acids is 1. The van der Waals surface area contributed by atoms with Crippen LogP contribution in [0.5, 0.6) is 11.5 Å². The molecule has 0 aliphatic carbocycles. The van der Waals surface area contributed by atoms with Gasteiger partial charge in [0, 0.05) is 6.54 Å². The summed E-state index contributed by atoms with van der Waals surface area (Å²) in [6.07, 6.45) is 0. The number of methoxy groups -OCH3 is 1. The second-order valence-corrected chi connectivity index (χ2v) is 7.70. The Morgan fingerprint density at radius 1 is 1.23 bits per heavy atom. The Kier molecular flexibility index (Phi) is 9.58. The van der Waals surface area contributed by atoms with Crippen molar-refractivity contribution in [1.29, 1.82) is 0 Å². The quantitative estimate of drug-likeness (QED) is 0.324. The van der Waals surface area contributed by atoms with Gasteiger partial charge in [-0.2, -0.15) is 0 Å². The van der Waals surface area contributed by atoms with Crippen LogP contribution in [0.2, 0.25) is 0 Å². The van der Waals surface area contributed by atoms with Gasteiger partial charge in [-0.1, -0.05) is 6.07 Å². The summed E-state index contributed by atoms with van der Waals surface area (Å²) in [4.78, 5) is 21.8. The van der Waals surface area contributed by atoms with E-state index in [-0.39, 0.29) is 12.0 Å². The van der Waals surface area contributed by atoms with Gasteiger partial charge in [-0.15, -0.1) is 11.3 Å². The number of ether oxygens (including phenoxy) is 3. The first-order chi connectivity index (χ1) is 14.9. The number of aryl methyl sites for hydroxylation is 1. The molecule has 2 aromatic rings. The molecule has 0 aliphatic heterocycles. The molecule has 1 aromatic heterocycles. The number of hydrogen-bond donors (Lipinski definition) is 2. The highest BCUT2D eigenvalue weighted by atomic mass is 32.1. The maximum Gasteiger partial charge on any atom is 0.350 e. The zero-order chi connectivity index (χ0) is 22.8. The van der Waals surface area contributed by atoms with Crippen LogP contribution in [0.4, 0.5) is 0 Å². The molecule has 8 nitrogen and oxygen atoms in total. The molecule has 1 unspecified atom stereocenters. The fraction of sp³-hybridized carbons (Fsp3) is 0.500. The van der Waals surface area contributed by atoms with Crippen molar-refractivity contribution in [2.24, 2.45) is 4.99 Å².